The van der Waals surface area contributed by atoms with E-state index in [9.17, 15) is 0 Å². The van der Waals surface area contributed by atoms with Gasteiger partial charge >= 0.3 is 0 Å². The van der Waals surface area contributed by atoms with Crippen molar-refractivity contribution in [1.82, 2.24) is 4.57 Å². The normalized spacial score (nSPS) is 10.3. The third-order valence-corrected chi connectivity index (χ3v) is 1.59. The molecule has 0 aromatic carbocycles. The van der Waals surface area contributed by atoms with Crippen LogP contribution < -0.4 is 0 Å². The zero-order valence-electron chi connectivity index (χ0n) is 6.46. The van der Waals surface area contributed by atoms with Crippen LogP contribution >= 0.6 is 0 Å². The van der Waals surface area contributed by atoms with Gasteiger partial charge in [-0.15, -0.1) is 0 Å². The number of aliphatic hydroxyl groups excluding tert-OH is 1. The summed E-state index contributed by atoms with van der Waals surface area (Å²) in [5.74, 6) is 0. The van der Waals surface area contributed by atoms with Gasteiger partial charge in [-0.05, 0) is 25.5 Å². The summed E-state index contributed by atoms with van der Waals surface area (Å²) in [7, 11) is 0. The third-order valence-electron chi connectivity index (χ3n) is 1.59. The summed E-state index contributed by atoms with van der Waals surface area (Å²) in [6, 6.07) is 2.11. The Kier molecular flexibility index (Phi) is 2.12. The molecule has 1 rings (SSSR count). The van der Waals surface area contributed by atoms with E-state index < -0.39 is 0 Å². The van der Waals surface area contributed by atoms with Gasteiger partial charge in [-0.3, -0.25) is 0 Å². The fraction of sp³-hybridized carbons (Fsp3) is 0.500. The van der Waals surface area contributed by atoms with E-state index in [1.807, 2.05) is 13.1 Å². The largest absolute Gasteiger partial charge is 0.395 e. The molecule has 0 aliphatic rings. The first kappa shape index (κ1) is 7.35. The number of aryl methyl sites for hydroxylation is 2. The lowest BCUT2D eigenvalue weighted by atomic mass is 10.4. The Balaban J connectivity index is 2.81. The molecule has 1 aromatic rings. The SMILES string of the molecule is Cc1cc(C)n(CCO)c1. The van der Waals surface area contributed by atoms with Crippen LogP contribution in [-0.2, 0) is 6.54 Å². The van der Waals surface area contributed by atoms with Gasteiger partial charge < -0.3 is 9.67 Å². The number of nitrogens with zero attached hydrogens (tertiary/aromatic N) is 1. The highest BCUT2D eigenvalue weighted by Crippen LogP contribution is 2.04. The zero-order valence-corrected chi connectivity index (χ0v) is 6.46. The first-order chi connectivity index (χ1) is 4.74. The van der Waals surface area contributed by atoms with Crippen molar-refractivity contribution in [2.24, 2.45) is 0 Å². The van der Waals surface area contributed by atoms with Gasteiger partial charge in [0.15, 0.2) is 0 Å². The maximum Gasteiger partial charge on any atom is 0.0610 e. The molecule has 0 radical (unpaired) electrons. The molecule has 2 nitrogen and oxygen atoms in total. The Bertz CT molecular complexity index is 215. The highest BCUT2D eigenvalue weighted by Gasteiger charge is 1.95. The first-order valence-electron chi connectivity index (χ1n) is 3.48. The Morgan fingerprint density at radius 1 is 1.50 bits per heavy atom. The molecule has 0 spiro atoms. The van der Waals surface area contributed by atoms with Crippen molar-refractivity contribution in [2.75, 3.05) is 6.61 Å². The van der Waals surface area contributed by atoms with E-state index in [0.29, 0.717) is 6.54 Å². The van der Waals surface area contributed by atoms with Crippen LogP contribution in [0.5, 0.6) is 0 Å². The van der Waals surface area contributed by atoms with Crippen LogP contribution in [0, 0.1) is 13.8 Å². The molecule has 56 valence electrons. The summed E-state index contributed by atoms with van der Waals surface area (Å²) in [6.07, 6.45) is 2.05. The molecule has 1 aromatic heterocycles. The fourth-order valence-electron chi connectivity index (χ4n) is 1.15. The second kappa shape index (κ2) is 2.88. The summed E-state index contributed by atoms with van der Waals surface area (Å²) < 4.78 is 2.05. The van der Waals surface area contributed by atoms with E-state index in [1.165, 1.54) is 11.3 Å². The fourth-order valence-corrected chi connectivity index (χ4v) is 1.15. The van der Waals surface area contributed by atoms with E-state index in [2.05, 4.69) is 17.6 Å². The molecule has 0 fully saturated rings. The van der Waals surface area contributed by atoms with Crippen LogP contribution in [0.1, 0.15) is 11.3 Å². The first-order valence-corrected chi connectivity index (χ1v) is 3.48. The van der Waals surface area contributed by atoms with Crippen LogP contribution in [0.3, 0.4) is 0 Å². The van der Waals surface area contributed by atoms with Gasteiger partial charge in [0.2, 0.25) is 0 Å². The zero-order chi connectivity index (χ0) is 7.56. The van der Waals surface area contributed by atoms with E-state index >= 15 is 0 Å². The maximum absolute atomic E-state index is 8.63. The van der Waals surface area contributed by atoms with E-state index in [0.717, 1.165) is 0 Å². The summed E-state index contributed by atoms with van der Waals surface area (Å²) >= 11 is 0. The second-order valence-electron chi connectivity index (χ2n) is 2.58. The summed E-state index contributed by atoms with van der Waals surface area (Å²) in [5, 5.41) is 8.63. The molecule has 0 aliphatic heterocycles. The van der Waals surface area contributed by atoms with Gasteiger partial charge in [-0.25, -0.2) is 0 Å². The van der Waals surface area contributed by atoms with Crippen molar-refractivity contribution < 1.29 is 5.11 Å². The van der Waals surface area contributed by atoms with Gasteiger partial charge in [0.1, 0.15) is 0 Å². The van der Waals surface area contributed by atoms with Crippen LogP contribution in [0.4, 0.5) is 0 Å². The Morgan fingerprint density at radius 2 is 2.20 bits per heavy atom. The van der Waals surface area contributed by atoms with Crippen LogP contribution in [0.2, 0.25) is 0 Å². The number of aromatic nitrogens is 1. The van der Waals surface area contributed by atoms with Crippen molar-refractivity contribution in [3.8, 4) is 0 Å². The molecular formula is C8H13NO. The van der Waals surface area contributed by atoms with Crippen LogP contribution in [-0.4, -0.2) is 16.3 Å². The van der Waals surface area contributed by atoms with E-state index in [1.54, 1.807) is 0 Å². The van der Waals surface area contributed by atoms with Crippen molar-refractivity contribution in [3.63, 3.8) is 0 Å². The molecule has 0 amide bonds. The molecule has 10 heavy (non-hydrogen) atoms. The predicted octanol–water partition coefficient (Wildman–Crippen LogP) is 1.10. The highest BCUT2D eigenvalue weighted by molar-refractivity contribution is 5.15. The van der Waals surface area contributed by atoms with E-state index in [-0.39, 0.29) is 6.61 Å². The number of aliphatic hydroxyl groups is 1. The minimum atomic E-state index is 0.217. The van der Waals surface area contributed by atoms with Crippen molar-refractivity contribution >= 4 is 0 Å². The lowest BCUT2D eigenvalue weighted by Gasteiger charge is -2.00. The average molecular weight is 139 g/mol. The summed E-state index contributed by atoms with van der Waals surface area (Å²) in [5.41, 5.74) is 2.47. The third kappa shape index (κ3) is 1.39. The Morgan fingerprint density at radius 3 is 2.60 bits per heavy atom. The molecule has 2 heteroatoms. The van der Waals surface area contributed by atoms with Crippen molar-refractivity contribution in [2.45, 2.75) is 20.4 Å². The average Bonchev–Trinajstić information content (AvgIpc) is 2.13. The van der Waals surface area contributed by atoms with Gasteiger partial charge in [0.25, 0.3) is 0 Å². The smallest absolute Gasteiger partial charge is 0.0610 e. The molecule has 0 unspecified atom stereocenters. The highest BCUT2D eigenvalue weighted by atomic mass is 16.3. The molecular weight excluding hydrogens is 126 g/mol. The molecule has 0 aliphatic carbocycles. The predicted molar refractivity (Wildman–Crippen MR) is 41.0 cm³/mol. The number of hydrogen-bond donors (Lipinski definition) is 1. The lowest BCUT2D eigenvalue weighted by molar-refractivity contribution is 0.275. The van der Waals surface area contributed by atoms with Crippen molar-refractivity contribution in [3.05, 3.63) is 23.5 Å². The monoisotopic (exact) mass is 139 g/mol. The maximum atomic E-state index is 8.63. The molecule has 0 saturated heterocycles. The minimum Gasteiger partial charge on any atom is -0.395 e. The van der Waals surface area contributed by atoms with E-state index in [4.69, 9.17) is 5.11 Å². The van der Waals surface area contributed by atoms with Gasteiger partial charge in [0.05, 0.1) is 6.61 Å². The number of hydrogen-bond acceptors (Lipinski definition) is 1. The minimum absolute atomic E-state index is 0.217. The lowest BCUT2D eigenvalue weighted by Crippen LogP contribution is -2.01. The topological polar surface area (TPSA) is 25.2 Å². The number of rotatable bonds is 2. The molecule has 0 bridgehead atoms. The van der Waals surface area contributed by atoms with Crippen molar-refractivity contribution in [1.29, 1.82) is 0 Å². The van der Waals surface area contributed by atoms with Gasteiger partial charge in [-0.2, -0.15) is 0 Å². The van der Waals surface area contributed by atoms with Gasteiger partial charge in [-0.1, -0.05) is 0 Å². The standard InChI is InChI=1S/C8H13NO/c1-7-5-8(2)9(6-7)3-4-10/h5-6,10H,3-4H2,1-2H3. The summed E-state index contributed by atoms with van der Waals surface area (Å²) in [4.78, 5) is 0. The quantitative estimate of drug-likeness (QED) is 0.652. The Labute approximate surface area is 61.1 Å². The van der Waals surface area contributed by atoms with Crippen LogP contribution in [0.25, 0.3) is 0 Å². The molecule has 1 heterocycles. The molecule has 1 N–H and O–H groups in total. The Hall–Kier alpha value is -0.760. The van der Waals surface area contributed by atoms with Gasteiger partial charge in [0, 0.05) is 18.4 Å². The summed E-state index contributed by atoms with van der Waals surface area (Å²) in [6.45, 7) is 5.03. The molecule has 0 saturated carbocycles. The van der Waals surface area contributed by atoms with Crippen LogP contribution in [0.15, 0.2) is 12.3 Å². The second-order valence-corrected chi connectivity index (χ2v) is 2.58. The molecule has 0 atom stereocenters.